The molecule has 0 aliphatic rings. The number of thiazole rings is 1. The van der Waals surface area contributed by atoms with Gasteiger partial charge in [0.15, 0.2) is 5.13 Å². The minimum atomic E-state index is -0.0289. The summed E-state index contributed by atoms with van der Waals surface area (Å²) in [5, 5.41) is 3.49. The zero-order chi connectivity index (χ0) is 13.8. The number of nitrogens with one attached hydrogen (secondary N) is 1. The summed E-state index contributed by atoms with van der Waals surface area (Å²) < 4.78 is 1.07. The van der Waals surface area contributed by atoms with E-state index in [1.54, 1.807) is 0 Å². The van der Waals surface area contributed by atoms with Gasteiger partial charge in [0.05, 0.1) is 0 Å². The number of halogens is 1. The first kappa shape index (κ1) is 14.2. The highest BCUT2D eigenvalue weighted by Crippen LogP contribution is 2.22. The highest BCUT2D eigenvalue weighted by molar-refractivity contribution is 9.10. The van der Waals surface area contributed by atoms with Crippen LogP contribution in [-0.4, -0.2) is 10.9 Å². The molecule has 3 nitrogen and oxygen atoms in total. The fraction of sp³-hybridized carbons (Fsp3) is 0.286. The number of hydrogen-bond donors (Lipinski definition) is 1. The van der Waals surface area contributed by atoms with Gasteiger partial charge in [-0.2, -0.15) is 0 Å². The molecule has 0 saturated heterocycles. The van der Waals surface area contributed by atoms with Crippen LogP contribution in [0.15, 0.2) is 34.9 Å². The van der Waals surface area contributed by atoms with Gasteiger partial charge in [0.25, 0.3) is 0 Å². The first-order chi connectivity index (χ1) is 9.04. The standard InChI is InChI=1S/C14H15BrN2OS/c1-9(2)13(18)17-14-16-8-12(19-14)7-10-3-5-11(15)6-4-10/h3-6,8-9H,7H2,1-2H3,(H,16,17,18). The van der Waals surface area contributed by atoms with Gasteiger partial charge in [0.1, 0.15) is 0 Å². The number of nitrogens with zero attached hydrogens (tertiary/aromatic N) is 1. The minimum absolute atomic E-state index is 0.00421. The third-order valence-electron chi connectivity index (χ3n) is 2.60. The quantitative estimate of drug-likeness (QED) is 0.912. The molecule has 0 atom stereocenters. The van der Waals surface area contributed by atoms with Crippen LogP contribution in [0.5, 0.6) is 0 Å². The molecule has 0 radical (unpaired) electrons. The van der Waals surface area contributed by atoms with Crippen molar-refractivity contribution in [3.8, 4) is 0 Å². The predicted octanol–water partition coefficient (Wildman–Crippen LogP) is 4.09. The second kappa shape index (κ2) is 6.30. The van der Waals surface area contributed by atoms with E-state index in [2.05, 4.69) is 38.4 Å². The van der Waals surface area contributed by atoms with Gasteiger partial charge < -0.3 is 5.32 Å². The van der Waals surface area contributed by atoms with E-state index in [4.69, 9.17) is 0 Å². The summed E-state index contributed by atoms with van der Waals surface area (Å²) in [4.78, 5) is 16.9. The van der Waals surface area contributed by atoms with E-state index < -0.39 is 0 Å². The molecule has 19 heavy (non-hydrogen) atoms. The van der Waals surface area contributed by atoms with Crippen LogP contribution < -0.4 is 5.32 Å². The van der Waals surface area contributed by atoms with Crippen molar-refractivity contribution in [2.24, 2.45) is 5.92 Å². The molecule has 1 amide bonds. The van der Waals surface area contributed by atoms with Crippen LogP contribution in [0.2, 0.25) is 0 Å². The number of aromatic nitrogens is 1. The largest absolute Gasteiger partial charge is 0.302 e. The first-order valence-electron chi connectivity index (χ1n) is 6.04. The normalized spacial score (nSPS) is 10.7. The molecule has 2 aromatic rings. The van der Waals surface area contributed by atoms with Gasteiger partial charge in [0, 0.05) is 27.9 Å². The average Bonchev–Trinajstić information content (AvgIpc) is 2.79. The van der Waals surface area contributed by atoms with Gasteiger partial charge in [-0.3, -0.25) is 4.79 Å². The molecule has 1 aromatic heterocycles. The van der Waals surface area contributed by atoms with Crippen molar-refractivity contribution in [3.05, 3.63) is 45.4 Å². The number of anilines is 1. The lowest BCUT2D eigenvalue weighted by atomic mass is 10.1. The molecule has 5 heteroatoms. The van der Waals surface area contributed by atoms with Crippen LogP contribution in [0.4, 0.5) is 5.13 Å². The number of carbonyl (C=O) groups excluding carboxylic acids is 1. The summed E-state index contributed by atoms with van der Waals surface area (Å²) in [5.74, 6) is -0.0247. The maximum atomic E-state index is 11.6. The summed E-state index contributed by atoms with van der Waals surface area (Å²) in [6.45, 7) is 3.73. The predicted molar refractivity (Wildman–Crippen MR) is 82.5 cm³/mol. The number of rotatable bonds is 4. The Kier molecular flexibility index (Phi) is 4.71. The van der Waals surface area contributed by atoms with Crippen LogP contribution in [0.25, 0.3) is 0 Å². The van der Waals surface area contributed by atoms with Gasteiger partial charge >= 0.3 is 0 Å². The Morgan fingerprint density at radius 2 is 2.05 bits per heavy atom. The third kappa shape index (κ3) is 4.14. The van der Waals surface area contributed by atoms with Crippen molar-refractivity contribution in [3.63, 3.8) is 0 Å². The molecule has 1 aromatic carbocycles. The number of amides is 1. The second-order valence-corrected chi connectivity index (χ2v) is 6.61. The maximum absolute atomic E-state index is 11.6. The first-order valence-corrected chi connectivity index (χ1v) is 7.65. The maximum Gasteiger partial charge on any atom is 0.228 e. The number of hydrogen-bond acceptors (Lipinski definition) is 3. The van der Waals surface area contributed by atoms with Gasteiger partial charge in [-0.05, 0) is 17.7 Å². The van der Waals surface area contributed by atoms with E-state index >= 15 is 0 Å². The Balaban J connectivity index is 2.01. The van der Waals surface area contributed by atoms with Crippen LogP contribution in [-0.2, 0) is 11.2 Å². The topological polar surface area (TPSA) is 42.0 Å². The Morgan fingerprint density at radius 1 is 1.37 bits per heavy atom. The summed E-state index contributed by atoms with van der Waals surface area (Å²) in [5.41, 5.74) is 1.23. The summed E-state index contributed by atoms with van der Waals surface area (Å²) in [6, 6.07) is 8.21. The molecular weight excluding hydrogens is 324 g/mol. The third-order valence-corrected chi connectivity index (χ3v) is 4.04. The molecule has 0 aliphatic carbocycles. The molecule has 0 aliphatic heterocycles. The lowest BCUT2D eigenvalue weighted by Crippen LogP contribution is -2.17. The van der Waals surface area contributed by atoms with E-state index in [1.807, 2.05) is 32.2 Å². The van der Waals surface area contributed by atoms with Crippen molar-refractivity contribution in [1.82, 2.24) is 4.98 Å². The van der Waals surface area contributed by atoms with Crippen LogP contribution in [0, 0.1) is 5.92 Å². The van der Waals surface area contributed by atoms with Gasteiger partial charge in [-0.25, -0.2) is 4.98 Å². The molecule has 0 spiro atoms. The summed E-state index contributed by atoms with van der Waals surface area (Å²) >= 11 is 4.94. The summed E-state index contributed by atoms with van der Waals surface area (Å²) in [6.07, 6.45) is 2.66. The molecule has 0 bridgehead atoms. The highest BCUT2D eigenvalue weighted by atomic mass is 79.9. The zero-order valence-electron chi connectivity index (χ0n) is 10.8. The fourth-order valence-electron chi connectivity index (χ4n) is 1.50. The highest BCUT2D eigenvalue weighted by Gasteiger charge is 2.10. The van der Waals surface area contributed by atoms with Crippen LogP contribution >= 0.6 is 27.3 Å². The molecule has 1 heterocycles. The van der Waals surface area contributed by atoms with Gasteiger partial charge in [-0.15, -0.1) is 11.3 Å². The van der Waals surface area contributed by atoms with Crippen LogP contribution in [0.1, 0.15) is 24.3 Å². The van der Waals surface area contributed by atoms with Crippen LogP contribution in [0.3, 0.4) is 0 Å². The minimum Gasteiger partial charge on any atom is -0.302 e. The Morgan fingerprint density at radius 3 is 2.68 bits per heavy atom. The van der Waals surface area contributed by atoms with Gasteiger partial charge in [0.2, 0.25) is 5.91 Å². The Labute approximate surface area is 125 Å². The molecule has 0 unspecified atom stereocenters. The van der Waals surface area contributed by atoms with Crippen molar-refractivity contribution < 1.29 is 4.79 Å². The monoisotopic (exact) mass is 338 g/mol. The van der Waals surface area contributed by atoms with Crippen molar-refractivity contribution >= 4 is 38.3 Å². The Hall–Kier alpha value is -1.20. The number of carbonyl (C=O) groups is 1. The van der Waals surface area contributed by atoms with Gasteiger partial charge in [-0.1, -0.05) is 41.9 Å². The second-order valence-electron chi connectivity index (χ2n) is 4.58. The molecule has 100 valence electrons. The van der Waals surface area contributed by atoms with E-state index in [-0.39, 0.29) is 11.8 Å². The van der Waals surface area contributed by atoms with E-state index in [1.165, 1.54) is 16.9 Å². The lowest BCUT2D eigenvalue weighted by molar-refractivity contribution is -0.118. The molecule has 1 N–H and O–H groups in total. The van der Waals surface area contributed by atoms with E-state index in [0.717, 1.165) is 15.8 Å². The Bertz CT molecular complexity index is 563. The molecule has 0 fully saturated rings. The van der Waals surface area contributed by atoms with Crippen molar-refractivity contribution in [2.45, 2.75) is 20.3 Å². The SMILES string of the molecule is CC(C)C(=O)Nc1ncc(Cc2ccc(Br)cc2)s1. The van der Waals surface area contributed by atoms with Crippen molar-refractivity contribution in [1.29, 1.82) is 0 Å². The summed E-state index contributed by atoms with van der Waals surface area (Å²) in [7, 11) is 0. The van der Waals surface area contributed by atoms with Crippen molar-refractivity contribution in [2.75, 3.05) is 5.32 Å². The smallest absolute Gasteiger partial charge is 0.228 e. The molecule has 2 rings (SSSR count). The average molecular weight is 339 g/mol. The van der Waals surface area contributed by atoms with E-state index in [0.29, 0.717) is 5.13 Å². The molecule has 0 saturated carbocycles. The zero-order valence-corrected chi connectivity index (χ0v) is 13.2. The lowest BCUT2D eigenvalue weighted by Gasteiger charge is -2.03. The van der Waals surface area contributed by atoms with E-state index in [9.17, 15) is 4.79 Å². The fourth-order valence-corrected chi connectivity index (χ4v) is 2.61. The molecular formula is C14H15BrN2OS. The number of benzene rings is 1.